The van der Waals surface area contributed by atoms with Crippen LogP contribution in [0.2, 0.25) is 0 Å². The van der Waals surface area contributed by atoms with Gasteiger partial charge in [-0.15, -0.1) is 0 Å². The average molecular weight is 403 g/mol. The lowest BCUT2D eigenvalue weighted by atomic mass is 10.1. The average Bonchev–Trinajstić information content (AvgIpc) is 2.67. The number of hydrogen-bond donors (Lipinski definition) is 1. The van der Waals surface area contributed by atoms with Gasteiger partial charge in [-0.2, -0.15) is 0 Å². The second kappa shape index (κ2) is 11.0. The highest BCUT2D eigenvalue weighted by Crippen LogP contribution is 2.23. The van der Waals surface area contributed by atoms with Crippen molar-refractivity contribution >= 4 is 23.5 Å². The molecule has 0 atom stereocenters. The van der Waals surface area contributed by atoms with Crippen LogP contribution in [-0.4, -0.2) is 42.1 Å². The molecule has 1 amide bonds. The smallest absolute Gasteiger partial charge is 0.251 e. The summed E-state index contributed by atoms with van der Waals surface area (Å²) < 4.78 is 5.26. The third-order valence-corrected chi connectivity index (χ3v) is 5.02. The molecule has 1 aromatic heterocycles. The van der Waals surface area contributed by atoms with Gasteiger partial charge in [-0.05, 0) is 45.4 Å². The lowest BCUT2D eigenvalue weighted by Gasteiger charge is -2.20. The molecule has 0 aliphatic carbocycles. The highest BCUT2D eigenvalue weighted by atomic mass is 32.2. The molecule has 2 rings (SSSR count). The van der Waals surface area contributed by atoms with Gasteiger partial charge in [0.1, 0.15) is 5.82 Å². The summed E-state index contributed by atoms with van der Waals surface area (Å²) >= 11 is 1.56. The maximum atomic E-state index is 12.2. The lowest BCUT2D eigenvalue weighted by Crippen LogP contribution is -2.30. The third-order valence-electron chi connectivity index (χ3n) is 4.10. The zero-order valence-electron chi connectivity index (χ0n) is 17.4. The topological polar surface area (TPSA) is 67.3 Å². The predicted molar refractivity (Wildman–Crippen MR) is 115 cm³/mol. The highest BCUT2D eigenvalue weighted by molar-refractivity contribution is 7.98. The summed E-state index contributed by atoms with van der Waals surface area (Å²) in [5.74, 6) is 1.56. The zero-order valence-corrected chi connectivity index (χ0v) is 18.2. The van der Waals surface area contributed by atoms with Gasteiger partial charge < -0.3 is 15.0 Å². The van der Waals surface area contributed by atoms with Crippen molar-refractivity contribution in [2.24, 2.45) is 0 Å². The fraction of sp³-hybridized carbons (Fsp3) is 0.476. The van der Waals surface area contributed by atoms with Gasteiger partial charge in [-0.1, -0.05) is 23.9 Å². The molecule has 0 saturated carbocycles. The lowest BCUT2D eigenvalue weighted by molar-refractivity contribution is 0.0943. The van der Waals surface area contributed by atoms with Crippen molar-refractivity contribution in [1.29, 1.82) is 0 Å². The van der Waals surface area contributed by atoms with Crippen LogP contribution in [0, 0.1) is 0 Å². The molecule has 0 aliphatic heterocycles. The second-order valence-corrected chi connectivity index (χ2v) is 7.67. The fourth-order valence-electron chi connectivity index (χ4n) is 2.75. The van der Waals surface area contributed by atoms with E-state index in [0.29, 0.717) is 23.1 Å². The Labute approximate surface area is 172 Å². The van der Waals surface area contributed by atoms with Crippen LogP contribution >= 0.6 is 11.8 Å². The Morgan fingerprint density at radius 3 is 2.61 bits per heavy atom. The van der Waals surface area contributed by atoms with Gasteiger partial charge in [-0.25, -0.2) is 9.97 Å². The van der Waals surface area contributed by atoms with Gasteiger partial charge in [0.25, 0.3) is 5.91 Å². The number of ether oxygens (including phenoxy) is 1. The van der Waals surface area contributed by atoms with E-state index in [-0.39, 0.29) is 11.9 Å². The minimum Gasteiger partial charge on any atom is -0.378 e. The molecule has 1 aromatic carbocycles. The summed E-state index contributed by atoms with van der Waals surface area (Å²) in [6.07, 6.45) is 0. The number of thioether (sulfide) groups is 1. The molecule has 1 heterocycles. The molecule has 6 nitrogen and oxygen atoms in total. The number of hydrogen-bond acceptors (Lipinski definition) is 6. The summed E-state index contributed by atoms with van der Waals surface area (Å²) in [6.45, 7) is 10.4. The van der Waals surface area contributed by atoms with E-state index in [4.69, 9.17) is 9.72 Å². The van der Waals surface area contributed by atoms with E-state index in [1.54, 1.807) is 18.9 Å². The van der Waals surface area contributed by atoms with Crippen LogP contribution in [-0.2, 0) is 17.1 Å². The maximum Gasteiger partial charge on any atom is 0.251 e. The molecule has 0 fully saturated rings. The van der Waals surface area contributed by atoms with Crippen LogP contribution in [0.25, 0.3) is 0 Å². The summed E-state index contributed by atoms with van der Waals surface area (Å²) in [7, 11) is 1.67. The zero-order chi connectivity index (χ0) is 20.5. The highest BCUT2D eigenvalue weighted by Gasteiger charge is 2.11. The molecule has 0 unspecified atom stereocenters. The van der Waals surface area contributed by atoms with E-state index in [9.17, 15) is 4.79 Å². The third kappa shape index (κ3) is 6.49. The van der Waals surface area contributed by atoms with Crippen LogP contribution in [0.1, 0.15) is 49.3 Å². The molecular weight excluding hydrogens is 372 g/mol. The van der Waals surface area contributed by atoms with Crippen LogP contribution in [0.5, 0.6) is 0 Å². The van der Waals surface area contributed by atoms with Crippen molar-refractivity contribution in [1.82, 2.24) is 15.3 Å². The largest absolute Gasteiger partial charge is 0.378 e. The molecule has 7 heteroatoms. The number of aromatic nitrogens is 2. The first-order valence-electron chi connectivity index (χ1n) is 9.61. The Morgan fingerprint density at radius 1 is 1.21 bits per heavy atom. The number of nitrogens with zero attached hydrogens (tertiary/aromatic N) is 3. The molecule has 0 radical (unpaired) electrons. The van der Waals surface area contributed by atoms with Gasteiger partial charge in [0, 0.05) is 43.6 Å². The Morgan fingerprint density at radius 2 is 1.96 bits per heavy atom. The number of rotatable bonds is 10. The summed E-state index contributed by atoms with van der Waals surface area (Å²) in [5.41, 5.74) is 2.60. The molecule has 0 saturated heterocycles. The molecule has 2 aromatic rings. The van der Waals surface area contributed by atoms with Gasteiger partial charge in [0.15, 0.2) is 5.16 Å². The van der Waals surface area contributed by atoms with Gasteiger partial charge in [0.05, 0.1) is 12.3 Å². The first-order valence-corrected chi connectivity index (χ1v) is 10.6. The van der Waals surface area contributed by atoms with Crippen LogP contribution in [0.3, 0.4) is 0 Å². The standard InChI is InChI=1S/C21H30N4O2S/c1-6-25(7-2)19-12-18(13-27-5)23-21(24-19)28-14-16-9-8-10-17(11-16)20(26)22-15(3)4/h8-12,15H,6-7,13-14H2,1-5H3,(H,22,26). The normalized spacial score (nSPS) is 10.9. The van der Waals surface area contributed by atoms with E-state index < -0.39 is 0 Å². The number of carbonyl (C=O) groups is 1. The maximum absolute atomic E-state index is 12.2. The summed E-state index contributed by atoms with van der Waals surface area (Å²) in [5, 5.41) is 3.64. The monoisotopic (exact) mass is 402 g/mol. The van der Waals surface area contributed by atoms with E-state index in [0.717, 1.165) is 30.2 Å². The molecule has 152 valence electrons. The molecule has 0 aliphatic rings. The first-order chi connectivity index (χ1) is 13.5. The van der Waals surface area contributed by atoms with Crippen molar-refractivity contribution in [3.05, 3.63) is 47.2 Å². The van der Waals surface area contributed by atoms with E-state index >= 15 is 0 Å². The van der Waals surface area contributed by atoms with Crippen molar-refractivity contribution < 1.29 is 9.53 Å². The van der Waals surface area contributed by atoms with E-state index in [1.807, 2.05) is 44.2 Å². The van der Waals surface area contributed by atoms with Crippen LogP contribution in [0.4, 0.5) is 5.82 Å². The van der Waals surface area contributed by atoms with Gasteiger partial charge in [0.2, 0.25) is 0 Å². The fourth-order valence-corrected chi connectivity index (χ4v) is 3.57. The minimum atomic E-state index is -0.0518. The number of nitrogens with one attached hydrogen (secondary N) is 1. The van der Waals surface area contributed by atoms with Crippen LogP contribution < -0.4 is 10.2 Å². The van der Waals surface area contributed by atoms with Crippen molar-refractivity contribution in [2.45, 2.75) is 51.3 Å². The Hall–Kier alpha value is -2.12. The predicted octanol–water partition coefficient (Wildman–Crippen LogP) is 3.90. The van der Waals surface area contributed by atoms with Crippen molar-refractivity contribution in [2.75, 3.05) is 25.1 Å². The number of benzene rings is 1. The SMILES string of the molecule is CCN(CC)c1cc(COC)nc(SCc2cccc(C(=O)NC(C)C)c2)n1. The molecule has 28 heavy (non-hydrogen) atoms. The Bertz CT molecular complexity index is 779. The quantitative estimate of drug-likeness (QED) is 0.480. The minimum absolute atomic E-state index is 0.0518. The number of anilines is 1. The Balaban J connectivity index is 2.16. The van der Waals surface area contributed by atoms with Crippen molar-refractivity contribution in [3.8, 4) is 0 Å². The van der Waals surface area contributed by atoms with E-state index in [2.05, 4.69) is 29.0 Å². The van der Waals surface area contributed by atoms with Gasteiger partial charge in [-0.3, -0.25) is 4.79 Å². The molecular formula is C21H30N4O2S. The van der Waals surface area contributed by atoms with E-state index in [1.165, 1.54) is 0 Å². The number of amides is 1. The molecule has 0 bridgehead atoms. The van der Waals surface area contributed by atoms with Crippen molar-refractivity contribution in [3.63, 3.8) is 0 Å². The summed E-state index contributed by atoms with van der Waals surface area (Å²) in [6, 6.07) is 9.78. The van der Waals surface area contributed by atoms with Crippen LogP contribution in [0.15, 0.2) is 35.5 Å². The Kier molecular flexibility index (Phi) is 8.73. The summed E-state index contributed by atoms with van der Waals surface area (Å²) in [4.78, 5) is 23.7. The number of carbonyl (C=O) groups excluding carboxylic acids is 1. The van der Waals surface area contributed by atoms with Gasteiger partial charge >= 0.3 is 0 Å². The second-order valence-electron chi connectivity index (χ2n) is 6.72. The first kappa shape index (κ1) is 22.2. The number of methoxy groups -OCH3 is 1. The molecule has 1 N–H and O–H groups in total. The molecule has 0 spiro atoms.